The summed E-state index contributed by atoms with van der Waals surface area (Å²) in [7, 11) is 0. The van der Waals surface area contributed by atoms with Gasteiger partial charge in [0, 0.05) is 5.69 Å². The number of nitriles is 1. The highest BCUT2D eigenvalue weighted by Crippen LogP contribution is 2.35. The van der Waals surface area contributed by atoms with Gasteiger partial charge in [-0.25, -0.2) is 0 Å². The van der Waals surface area contributed by atoms with Crippen molar-refractivity contribution < 1.29 is 14.3 Å². The number of rotatable bonds is 8. The zero-order valence-corrected chi connectivity index (χ0v) is 22.8. The number of aryl methyl sites for hydroxylation is 4. The largest absolute Gasteiger partial charge is 0.490 e. The SMILES string of the molecule is CCOc1cc(/C=C(\C#N)C(=O)Nc2ccc(C)c(C)c2)cc(I)c1OCc1ccc(C)c(C)c1. The topological polar surface area (TPSA) is 71.3 Å². The van der Waals surface area contributed by atoms with E-state index in [4.69, 9.17) is 9.47 Å². The molecule has 0 bridgehead atoms. The first-order valence-electron chi connectivity index (χ1n) is 11.4. The van der Waals surface area contributed by atoms with E-state index in [9.17, 15) is 10.1 Å². The second kappa shape index (κ2) is 11.9. The van der Waals surface area contributed by atoms with Crippen LogP contribution in [0, 0.1) is 42.6 Å². The minimum Gasteiger partial charge on any atom is -0.490 e. The first kappa shape index (κ1) is 26.3. The molecule has 0 unspecified atom stereocenters. The number of ether oxygens (including phenoxy) is 2. The molecule has 3 aromatic carbocycles. The van der Waals surface area contributed by atoms with Crippen LogP contribution in [0.5, 0.6) is 11.5 Å². The van der Waals surface area contributed by atoms with E-state index in [-0.39, 0.29) is 5.57 Å². The minimum absolute atomic E-state index is 0.00488. The Labute approximate surface area is 220 Å². The monoisotopic (exact) mass is 580 g/mol. The summed E-state index contributed by atoms with van der Waals surface area (Å²) in [5.41, 5.74) is 7.07. The molecule has 6 heteroatoms. The summed E-state index contributed by atoms with van der Waals surface area (Å²) in [5, 5.41) is 12.5. The molecular formula is C29H29IN2O3. The van der Waals surface area contributed by atoms with Crippen LogP contribution in [0.2, 0.25) is 0 Å². The molecule has 0 heterocycles. The molecule has 5 nitrogen and oxygen atoms in total. The lowest BCUT2D eigenvalue weighted by molar-refractivity contribution is -0.112. The first-order chi connectivity index (χ1) is 16.7. The molecule has 1 amide bonds. The van der Waals surface area contributed by atoms with Gasteiger partial charge in [0.15, 0.2) is 11.5 Å². The summed E-state index contributed by atoms with van der Waals surface area (Å²) in [6, 6.07) is 17.6. The van der Waals surface area contributed by atoms with Crippen molar-refractivity contribution in [3.05, 3.63) is 91.1 Å². The van der Waals surface area contributed by atoms with Crippen molar-refractivity contribution in [2.24, 2.45) is 0 Å². The number of carbonyl (C=O) groups is 1. The zero-order valence-electron chi connectivity index (χ0n) is 20.7. The van der Waals surface area contributed by atoms with Gasteiger partial charge in [-0.3, -0.25) is 4.79 Å². The summed E-state index contributed by atoms with van der Waals surface area (Å²) in [4.78, 5) is 12.8. The van der Waals surface area contributed by atoms with Crippen LogP contribution in [0.4, 0.5) is 5.69 Å². The molecule has 0 aliphatic rings. The maximum atomic E-state index is 12.8. The maximum absolute atomic E-state index is 12.8. The lowest BCUT2D eigenvalue weighted by atomic mass is 10.1. The first-order valence-corrected chi connectivity index (χ1v) is 12.4. The number of hydrogen-bond donors (Lipinski definition) is 1. The van der Waals surface area contributed by atoms with E-state index in [1.165, 1.54) is 11.1 Å². The highest BCUT2D eigenvalue weighted by Gasteiger charge is 2.15. The molecule has 3 rings (SSSR count). The Hall–Kier alpha value is -3.31. The summed E-state index contributed by atoms with van der Waals surface area (Å²) < 4.78 is 12.8. The molecule has 180 valence electrons. The van der Waals surface area contributed by atoms with Gasteiger partial charge in [0.05, 0.1) is 10.2 Å². The van der Waals surface area contributed by atoms with Gasteiger partial charge in [-0.1, -0.05) is 24.3 Å². The fraction of sp³-hybridized carbons (Fsp3) is 0.241. The number of halogens is 1. The summed E-state index contributed by atoms with van der Waals surface area (Å²) in [6.45, 7) is 10.9. The van der Waals surface area contributed by atoms with Gasteiger partial charge in [-0.2, -0.15) is 5.26 Å². The third-order valence-electron chi connectivity index (χ3n) is 5.73. The average molecular weight is 580 g/mol. The van der Waals surface area contributed by atoms with Crippen molar-refractivity contribution in [3.8, 4) is 17.6 Å². The van der Waals surface area contributed by atoms with Crippen LogP contribution in [0.3, 0.4) is 0 Å². The highest BCUT2D eigenvalue weighted by atomic mass is 127. The van der Waals surface area contributed by atoms with Crippen LogP contribution in [0.1, 0.15) is 40.3 Å². The average Bonchev–Trinajstić information content (AvgIpc) is 2.81. The van der Waals surface area contributed by atoms with E-state index in [2.05, 4.69) is 60.0 Å². The van der Waals surface area contributed by atoms with Crippen molar-refractivity contribution >= 4 is 40.3 Å². The molecule has 0 aliphatic heterocycles. The van der Waals surface area contributed by atoms with Crippen LogP contribution in [0.15, 0.2) is 54.1 Å². The molecule has 0 spiro atoms. The van der Waals surface area contributed by atoms with Crippen molar-refractivity contribution in [1.29, 1.82) is 5.26 Å². The van der Waals surface area contributed by atoms with Gasteiger partial charge in [-0.05, 0) is 121 Å². The number of benzene rings is 3. The molecule has 0 saturated heterocycles. The van der Waals surface area contributed by atoms with Crippen LogP contribution >= 0.6 is 22.6 Å². The van der Waals surface area contributed by atoms with Crippen molar-refractivity contribution in [2.45, 2.75) is 41.2 Å². The zero-order chi connectivity index (χ0) is 25.5. The van der Waals surface area contributed by atoms with Gasteiger partial charge in [0.1, 0.15) is 18.2 Å². The van der Waals surface area contributed by atoms with E-state index in [0.717, 1.165) is 20.3 Å². The number of carbonyl (C=O) groups excluding carboxylic acids is 1. The van der Waals surface area contributed by atoms with Crippen molar-refractivity contribution in [1.82, 2.24) is 0 Å². The molecular weight excluding hydrogens is 551 g/mol. The fourth-order valence-electron chi connectivity index (χ4n) is 3.46. The van der Waals surface area contributed by atoms with Crippen LogP contribution in [-0.2, 0) is 11.4 Å². The quantitative estimate of drug-likeness (QED) is 0.176. The molecule has 0 atom stereocenters. The molecule has 0 radical (unpaired) electrons. The van der Waals surface area contributed by atoms with Gasteiger partial charge in [0.25, 0.3) is 5.91 Å². The summed E-state index contributed by atoms with van der Waals surface area (Å²) in [6.07, 6.45) is 1.56. The highest BCUT2D eigenvalue weighted by molar-refractivity contribution is 14.1. The molecule has 0 saturated carbocycles. The molecule has 0 aromatic heterocycles. The van der Waals surface area contributed by atoms with Crippen LogP contribution in [0.25, 0.3) is 6.08 Å². The Morgan fingerprint density at radius 1 is 0.971 bits per heavy atom. The normalized spacial score (nSPS) is 11.1. The minimum atomic E-state index is -0.459. The maximum Gasteiger partial charge on any atom is 0.266 e. The molecule has 0 aliphatic carbocycles. The second-order valence-electron chi connectivity index (χ2n) is 8.39. The summed E-state index contributed by atoms with van der Waals surface area (Å²) in [5.74, 6) is 0.751. The number of anilines is 1. The number of amides is 1. The van der Waals surface area contributed by atoms with Crippen molar-refractivity contribution in [2.75, 3.05) is 11.9 Å². The summed E-state index contributed by atoms with van der Waals surface area (Å²) >= 11 is 2.19. The third-order valence-corrected chi connectivity index (χ3v) is 6.53. The van der Waals surface area contributed by atoms with Gasteiger partial charge >= 0.3 is 0 Å². The molecule has 35 heavy (non-hydrogen) atoms. The van der Waals surface area contributed by atoms with E-state index in [1.807, 2.05) is 51.1 Å². The van der Waals surface area contributed by atoms with E-state index < -0.39 is 5.91 Å². The van der Waals surface area contributed by atoms with E-state index in [0.29, 0.717) is 36.0 Å². The van der Waals surface area contributed by atoms with Gasteiger partial charge in [-0.15, -0.1) is 0 Å². The second-order valence-corrected chi connectivity index (χ2v) is 9.56. The standard InChI is InChI=1S/C29H29IN2O3/c1-6-34-27-15-23(13-24(16-31)29(33)32-25-10-8-19(3)21(5)12-25)14-26(30)28(27)35-17-22-9-7-18(2)20(4)11-22/h7-15H,6,17H2,1-5H3,(H,32,33)/b24-13+. The van der Waals surface area contributed by atoms with Crippen LogP contribution in [-0.4, -0.2) is 12.5 Å². The molecule has 0 fully saturated rings. The van der Waals surface area contributed by atoms with Crippen LogP contribution < -0.4 is 14.8 Å². The van der Waals surface area contributed by atoms with Gasteiger partial charge < -0.3 is 14.8 Å². The van der Waals surface area contributed by atoms with Crippen molar-refractivity contribution in [3.63, 3.8) is 0 Å². The predicted octanol–water partition coefficient (Wildman–Crippen LogP) is 7.05. The Kier molecular flexibility index (Phi) is 8.94. The Bertz CT molecular complexity index is 1320. The number of nitrogens with zero attached hydrogens (tertiary/aromatic N) is 1. The Balaban J connectivity index is 1.85. The molecule has 3 aromatic rings. The lowest BCUT2D eigenvalue weighted by Gasteiger charge is -2.15. The predicted molar refractivity (Wildman–Crippen MR) is 149 cm³/mol. The van der Waals surface area contributed by atoms with E-state index in [1.54, 1.807) is 12.1 Å². The lowest BCUT2D eigenvalue weighted by Crippen LogP contribution is -2.13. The smallest absolute Gasteiger partial charge is 0.266 e. The number of nitrogens with one attached hydrogen (secondary N) is 1. The molecule has 1 N–H and O–H groups in total. The Morgan fingerprint density at radius 2 is 1.66 bits per heavy atom. The van der Waals surface area contributed by atoms with Gasteiger partial charge in [0.2, 0.25) is 0 Å². The Morgan fingerprint density at radius 3 is 2.29 bits per heavy atom. The fourth-order valence-corrected chi connectivity index (χ4v) is 4.24. The third kappa shape index (κ3) is 6.86. The van der Waals surface area contributed by atoms with E-state index >= 15 is 0 Å². The number of hydrogen-bond acceptors (Lipinski definition) is 4.